The number of anilines is 2. The van der Waals surface area contributed by atoms with Crippen molar-refractivity contribution in [2.75, 3.05) is 11.1 Å². The Balaban J connectivity index is 2.31. The van der Waals surface area contributed by atoms with Crippen LogP contribution in [-0.4, -0.2) is 10.9 Å². The van der Waals surface area contributed by atoms with Gasteiger partial charge in [-0.1, -0.05) is 23.7 Å². The maximum absolute atomic E-state index is 12.2. The Kier molecular flexibility index (Phi) is 3.71. The summed E-state index contributed by atoms with van der Waals surface area (Å²) < 4.78 is 0. The second-order valence-corrected chi connectivity index (χ2v) is 4.65. The predicted molar refractivity (Wildman–Crippen MR) is 77.5 cm³/mol. The zero-order chi connectivity index (χ0) is 14.0. The number of halogens is 1. The van der Waals surface area contributed by atoms with Gasteiger partial charge in [0, 0.05) is 5.69 Å². The number of aromatic nitrogens is 1. The molecule has 0 atom stereocenters. The summed E-state index contributed by atoms with van der Waals surface area (Å²) in [4.78, 5) is 16.3. The fourth-order valence-electron chi connectivity index (χ4n) is 1.85. The van der Waals surface area contributed by atoms with Gasteiger partial charge >= 0.3 is 0 Å². The number of carbonyl (C=O) groups excluding carboxylic acids is 1. The van der Waals surface area contributed by atoms with Crippen molar-refractivity contribution in [2.24, 2.45) is 0 Å². The third-order valence-electron chi connectivity index (χ3n) is 2.83. The minimum absolute atomic E-state index is 0.247. The standard InChI is InChI=1S/C14H14ClN3O/c1-8-4-3-5-10(16)13(8)14(19)18-11-6-7-12(15)17-9(11)2/h3-7H,16H2,1-2H3,(H,18,19). The van der Waals surface area contributed by atoms with Gasteiger partial charge in [0.25, 0.3) is 5.91 Å². The van der Waals surface area contributed by atoms with E-state index in [4.69, 9.17) is 17.3 Å². The zero-order valence-corrected chi connectivity index (χ0v) is 11.5. The molecule has 19 heavy (non-hydrogen) atoms. The minimum Gasteiger partial charge on any atom is -0.398 e. The first-order chi connectivity index (χ1) is 8.99. The first-order valence-electron chi connectivity index (χ1n) is 5.78. The van der Waals surface area contributed by atoms with Crippen LogP contribution in [0, 0.1) is 13.8 Å². The Labute approximate surface area is 116 Å². The molecule has 0 bridgehead atoms. The molecule has 1 heterocycles. The number of rotatable bonds is 2. The van der Waals surface area contributed by atoms with E-state index in [1.165, 1.54) is 0 Å². The fraction of sp³-hybridized carbons (Fsp3) is 0.143. The summed E-state index contributed by atoms with van der Waals surface area (Å²) in [5.74, 6) is -0.247. The number of nitrogens with zero attached hydrogens (tertiary/aromatic N) is 1. The monoisotopic (exact) mass is 275 g/mol. The second kappa shape index (κ2) is 5.28. The lowest BCUT2D eigenvalue weighted by Gasteiger charge is -2.11. The third-order valence-corrected chi connectivity index (χ3v) is 3.04. The summed E-state index contributed by atoms with van der Waals surface area (Å²) in [6.07, 6.45) is 0. The summed E-state index contributed by atoms with van der Waals surface area (Å²) in [5, 5.41) is 3.19. The topological polar surface area (TPSA) is 68.0 Å². The lowest BCUT2D eigenvalue weighted by molar-refractivity contribution is 0.102. The number of benzene rings is 1. The highest BCUT2D eigenvalue weighted by Gasteiger charge is 2.13. The van der Waals surface area contributed by atoms with Crippen LogP contribution in [0.15, 0.2) is 30.3 Å². The average Bonchev–Trinajstić information content (AvgIpc) is 2.32. The number of nitrogen functional groups attached to an aromatic ring is 1. The highest BCUT2D eigenvalue weighted by molar-refractivity contribution is 6.29. The Morgan fingerprint density at radius 3 is 2.63 bits per heavy atom. The molecule has 4 nitrogen and oxygen atoms in total. The third kappa shape index (κ3) is 2.85. The molecule has 98 valence electrons. The molecule has 2 rings (SSSR count). The molecular formula is C14H14ClN3O. The van der Waals surface area contributed by atoms with Gasteiger partial charge in [-0.15, -0.1) is 0 Å². The minimum atomic E-state index is -0.247. The van der Waals surface area contributed by atoms with Crippen LogP contribution in [0.3, 0.4) is 0 Å². The van der Waals surface area contributed by atoms with Crippen molar-refractivity contribution in [3.8, 4) is 0 Å². The Hall–Kier alpha value is -2.07. The first kappa shape index (κ1) is 13.4. The highest BCUT2D eigenvalue weighted by atomic mass is 35.5. The number of hydrogen-bond donors (Lipinski definition) is 2. The maximum Gasteiger partial charge on any atom is 0.258 e. The molecule has 0 fully saturated rings. The SMILES string of the molecule is Cc1cccc(N)c1C(=O)Nc1ccc(Cl)nc1C. The number of pyridine rings is 1. The van der Waals surface area contributed by atoms with Gasteiger partial charge in [-0.3, -0.25) is 4.79 Å². The van der Waals surface area contributed by atoms with Gasteiger partial charge in [0.1, 0.15) is 5.15 Å². The number of nitrogens with one attached hydrogen (secondary N) is 1. The number of nitrogens with two attached hydrogens (primary N) is 1. The molecule has 0 saturated carbocycles. The number of carbonyl (C=O) groups is 1. The summed E-state index contributed by atoms with van der Waals surface area (Å²) in [6, 6.07) is 8.71. The van der Waals surface area contributed by atoms with Crippen molar-refractivity contribution in [3.05, 3.63) is 52.3 Å². The smallest absolute Gasteiger partial charge is 0.258 e. The molecule has 3 N–H and O–H groups in total. The Morgan fingerprint density at radius 1 is 1.26 bits per heavy atom. The van der Waals surface area contributed by atoms with Crippen LogP contribution >= 0.6 is 11.6 Å². The molecule has 5 heteroatoms. The number of hydrogen-bond acceptors (Lipinski definition) is 3. The van der Waals surface area contributed by atoms with E-state index < -0.39 is 0 Å². The molecule has 1 aromatic carbocycles. The Bertz CT molecular complexity index is 620. The van der Waals surface area contributed by atoms with Crippen molar-refractivity contribution in [1.82, 2.24) is 4.98 Å². The summed E-state index contributed by atoms with van der Waals surface area (Å²) >= 11 is 5.78. The van der Waals surface area contributed by atoms with Gasteiger partial charge in [0.15, 0.2) is 0 Å². The molecule has 0 unspecified atom stereocenters. The van der Waals surface area contributed by atoms with E-state index in [9.17, 15) is 4.79 Å². The van der Waals surface area contributed by atoms with Crippen LogP contribution in [0.2, 0.25) is 5.15 Å². The van der Waals surface area contributed by atoms with Gasteiger partial charge in [-0.2, -0.15) is 0 Å². The van der Waals surface area contributed by atoms with Crippen molar-refractivity contribution in [1.29, 1.82) is 0 Å². The van der Waals surface area contributed by atoms with Crippen molar-refractivity contribution in [2.45, 2.75) is 13.8 Å². The normalized spacial score (nSPS) is 10.3. The summed E-state index contributed by atoms with van der Waals surface area (Å²) in [5.41, 5.74) is 8.89. The lowest BCUT2D eigenvalue weighted by atomic mass is 10.1. The molecule has 0 spiro atoms. The van der Waals surface area contributed by atoms with E-state index in [-0.39, 0.29) is 5.91 Å². The molecule has 2 aromatic rings. The molecule has 1 aromatic heterocycles. The predicted octanol–water partition coefficient (Wildman–Crippen LogP) is 3.19. The average molecular weight is 276 g/mol. The molecule has 0 saturated heterocycles. The van der Waals surface area contributed by atoms with E-state index in [1.54, 1.807) is 25.1 Å². The molecule has 0 radical (unpaired) electrons. The van der Waals surface area contributed by atoms with Crippen LogP contribution in [-0.2, 0) is 0 Å². The zero-order valence-electron chi connectivity index (χ0n) is 10.7. The van der Waals surface area contributed by atoms with Gasteiger partial charge in [-0.05, 0) is 37.6 Å². The lowest BCUT2D eigenvalue weighted by Crippen LogP contribution is -2.16. The van der Waals surface area contributed by atoms with Gasteiger partial charge in [0.05, 0.1) is 16.9 Å². The van der Waals surface area contributed by atoms with E-state index in [0.29, 0.717) is 27.8 Å². The molecule has 0 aliphatic heterocycles. The van der Waals surface area contributed by atoms with Gasteiger partial charge in [-0.25, -0.2) is 4.98 Å². The molecule has 0 aliphatic carbocycles. The van der Waals surface area contributed by atoms with E-state index in [0.717, 1.165) is 5.56 Å². The van der Waals surface area contributed by atoms with Crippen LogP contribution in [0.1, 0.15) is 21.6 Å². The van der Waals surface area contributed by atoms with Crippen molar-refractivity contribution in [3.63, 3.8) is 0 Å². The quantitative estimate of drug-likeness (QED) is 0.653. The van der Waals surface area contributed by atoms with Crippen LogP contribution in [0.4, 0.5) is 11.4 Å². The maximum atomic E-state index is 12.2. The van der Waals surface area contributed by atoms with E-state index in [1.807, 2.05) is 19.1 Å². The molecule has 0 aliphatic rings. The second-order valence-electron chi connectivity index (χ2n) is 4.26. The van der Waals surface area contributed by atoms with Gasteiger partial charge in [0.2, 0.25) is 0 Å². The number of aryl methyl sites for hydroxylation is 2. The summed E-state index contributed by atoms with van der Waals surface area (Å²) in [7, 11) is 0. The Morgan fingerprint density at radius 2 is 2.00 bits per heavy atom. The van der Waals surface area contributed by atoms with Crippen molar-refractivity contribution >= 4 is 28.9 Å². The van der Waals surface area contributed by atoms with E-state index in [2.05, 4.69) is 10.3 Å². The number of amides is 1. The first-order valence-corrected chi connectivity index (χ1v) is 6.16. The van der Waals surface area contributed by atoms with E-state index >= 15 is 0 Å². The van der Waals surface area contributed by atoms with Crippen LogP contribution in [0.5, 0.6) is 0 Å². The molecule has 1 amide bonds. The molecular weight excluding hydrogens is 262 g/mol. The highest BCUT2D eigenvalue weighted by Crippen LogP contribution is 2.20. The van der Waals surface area contributed by atoms with Gasteiger partial charge < -0.3 is 11.1 Å². The van der Waals surface area contributed by atoms with Crippen LogP contribution in [0.25, 0.3) is 0 Å². The van der Waals surface area contributed by atoms with Crippen LogP contribution < -0.4 is 11.1 Å². The summed E-state index contributed by atoms with van der Waals surface area (Å²) in [6.45, 7) is 3.63. The fourth-order valence-corrected chi connectivity index (χ4v) is 2.04. The van der Waals surface area contributed by atoms with Crippen molar-refractivity contribution < 1.29 is 4.79 Å². The largest absolute Gasteiger partial charge is 0.398 e.